The minimum Gasteiger partial charge on any atom is -0.494 e. The van der Waals surface area contributed by atoms with Crippen LogP contribution >= 0.6 is 0 Å². The van der Waals surface area contributed by atoms with Gasteiger partial charge >= 0.3 is 17.9 Å². The number of carbonyl (C=O) groups is 8. The number of aromatic nitrogens is 2. The summed E-state index contributed by atoms with van der Waals surface area (Å²) in [6.45, 7) is 0.257. The number of anilines is 4. The van der Waals surface area contributed by atoms with Crippen LogP contribution in [0.15, 0.2) is 80.1 Å². The number of benzene rings is 2. The molecule has 4 aromatic carbocycles. The van der Waals surface area contributed by atoms with Crippen molar-refractivity contribution in [2.45, 2.75) is 81.3 Å². The van der Waals surface area contributed by atoms with Crippen LogP contribution in [-0.2, 0) is 28.8 Å². The van der Waals surface area contributed by atoms with Gasteiger partial charge in [0.2, 0.25) is 17.7 Å². The van der Waals surface area contributed by atoms with Crippen LogP contribution in [0.5, 0.6) is 11.5 Å². The maximum atomic E-state index is 13.9. The lowest BCUT2D eigenvalue weighted by Crippen LogP contribution is -2.52. The van der Waals surface area contributed by atoms with E-state index < -0.39 is 138 Å². The van der Waals surface area contributed by atoms with Gasteiger partial charge in [0.25, 0.3) is 45.4 Å². The first-order chi connectivity index (χ1) is 53.6. The Morgan fingerprint density at radius 3 is 1.38 bits per heavy atom. The maximum absolute atomic E-state index is 13.9. The van der Waals surface area contributed by atoms with Crippen molar-refractivity contribution in [3.63, 3.8) is 0 Å². The van der Waals surface area contributed by atoms with Gasteiger partial charge in [-0.2, -0.15) is 10.5 Å². The molecule has 9 rings (SSSR count). The average Bonchev–Trinajstić information content (AvgIpc) is 1.38. The average molecular weight is 1570 g/mol. The zero-order chi connectivity index (χ0) is 80.7. The van der Waals surface area contributed by atoms with E-state index in [4.69, 9.17) is 9.47 Å². The molecule has 600 valence electrons. The lowest BCUT2D eigenvalue weighted by molar-refractivity contribution is -0.145. The highest BCUT2D eigenvalue weighted by atomic mass is 19.3. The van der Waals surface area contributed by atoms with E-state index in [2.05, 4.69) is 52.5 Å². The predicted octanol–water partition coefficient (Wildman–Crippen LogP) is 0.350. The van der Waals surface area contributed by atoms with Gasteiger partial charge in [0.05, 0.1) is 86.8 Å². The Bertz CT molecular complexity index is 4590. The van der Waals surface area contributed by atoms with E-state index in [-0.39, 0.29) is 138 Å². The maximum Gasteiger partial charge on any atom is 0.320 e. The Morgan fingerprint density at radius 1 is 0.527 bits per heavy atom. The lowest BCUT2D eigenvalue weighted by atomic mass is 10.1. The Balaban J connectivity index is 0.654. The second-order valence-electron chi connectivity index (χ2n) is 27.2. The summed E-state index contributed by atoms with van der Waals surface area (Å²) < 4.78 is 67.5. The number of carbonyl (C=O) groups excluding carboxylic acids is 5. The summed E-state index contributed by atoms with van der Waals surface area (Å²) in [6, 6.07) is 12.1. The Labute approximate surface area is 637 Å². The number of fused-ring (bicyclic) bond motifs is 2. The van der Waals surface area contributed by atoms with Gasteiger partial charge in [-0.3, -0.25) is 87.1 Å². The van der Waals surface area contributed by atoms with Crippen LogP contribution in [0.2, 0.25) is 0 Å². The van der Waals surface area contributed by atoms with Crippen molar-refractivity contribution in [1.29, 1.82) is 10.5 Å². The lowest BCUT2D eigenvalue weighted by Gasteiger charge is -2.35. The molecule has 3 aliphatic heterocycles. The van der Waals surface area contributed by atoms with Gasteiger partial charge in [-0.1, -0.05) is 0 Å². The SMILES string of the molecule is N#CC1CC(F)(F)CN1C(=O)CNC(=O)c1ccnc2ccc(OCCCCNc3c(NCCNCCN4CCN(CC(=O)O)CCN(C(CCC(=O)NCCNc5c(NCCCCOc6ccc7nccc(C(=O)NCC(=O)N8CC(F)(F)CC8C#N)c7c6)c(=O)c5=O)C(=O)O)CCN(CC(=O)O)CC4)c(=O)c3=O)cc12. The molecular weight excluding hydrogens is 1480 g/mol. The number of rotatable bonds is 40. The third-order valence-electron chi connectivity index (χ3n) is 19.2. The molecule has 3 aliphatic rings. The molecule has 0 bridgehead atoms. The number of nitrogens with zero attached hydrogens (tertiary/aromatic N) is 10. The molecule has 3 saturated heterocycles. The minimum absolute atomic E-state index is 0.0168. The van der Waals surface area contributed by atoms with E-state index in [0.717, 1.165) is 9.80 Å². The number of alkyl halides is 4. The van der Waals surface area contributed by atoms with Crippen LogP contribution in [0.3, 0.4) is 0 Å². The highest BCUT2D eigenvalue weighted by Gasteiger charge is 2.48. The van der Waals surface area contributed by atoms with E-state index >= 15 is 0 Å². The molecule has 0 aliphatic carbocycles. The molecular formula is C73H88F4N18O17. The van der Waals surface area contributed by atoms with Gasteiger partial charge < -0.3 is 77.1 Å². The fourth-order valence-electron chi connectivity index (χ4n) is 13.3. The summed E-state index contributed by atoms with van der Waals surface area (Å²) in [5, 5.41) is 72.3. The number of carboxylic acid groups (broad SMARTS) is 3. The van der Waals surface area contributed by atoms with Gasteiger partial charge in [-0.05, 0) is 80.6 Å². The van der Waals surface area contributed by atoms with E-state index in [1.54, 1.807) is 63.2 Å². The quantitative estimate of drug-likeness (QED) is 0.0140. The number of halogens is 4. The number of unbranched alkanes of at least 4 members (excludes halogenated alkanes) is 2. The summed E-state index contributed by atoms with van der Waals surface area (Å²) >= 11 is 0. The molecule has 3 atom stereocenters. The third kappa shape index (κ3) is 23.5. The molecule has 2 aromatic heterocycles. The number of hydrogen-bond donors (Lipinski definition) is 11. The molecule has 11 N–H and O–H groups in total. The third-order valence-corrected chi connectivity index (χ3v) is 19.2. The molecule has 35 nitrogen and oxygen atoms in total. The number of hydrogen-bond acceptors (Lipinski definition) is 27. The van der Waals surface area contributed by atoms with Crippen LogP contribution in [0.25, 0.3) is 21.8 Å². The minimum atomic E-state index is -3.22. The Morgan fingerprint density at radius 2 is 0.946 bits per heavy atom. The predicted molar refractivity (Wildman–Crippen MR) is 398 cm³/mol. The number of pyridine rings is 2. The topological polar surface area (TPSA) is 473 Å². The van der Waals surface area contributed by atoms with Crippen LogP contribution in [-0.4, -0.2) is 289 Å². The van der Waals surface area contributed by atoms with E-state index in [1.165, 1.54) is 24.5 Å². The molecule has 3 fully saturated rings. The van der Waals surface area contributed by atoms with Gasteiger partial charge in [0.1, 0.15) is 52.4 Å². The number of amides is 5. The number of likely N-dealkylation sites (tertiary alicyclic amines) is 2. The second-order valence-corrected chi connectivity index (χ2v) is 27.2. The zero-order valence-corrected chi connectivity index (χ0v) is 61.2. The highest BCUT2D eigenvalue weighted by Crippen LogP contribution is 2.34. The van der Waals surface area contributed by atoms with E-state index in [1.807, 2.05) is 4.90 Å². The molecule has 39 heteroatoms. The van der Waals surface area contributed by atoms with Crippen molar-refractivity contribution in [2.75, 3.05) is 178 Å². The van der Waals surface area contributed by atoms with Crippen molar-refractivity contribution in [3.8, 4) is 23.6 Å². The molecule has 3 unspecified atom stereocenters. The number of nitrogens with one attached hydrogen (secondary N) is 8. The molecule has 5 heterocycles. The first-order valence-corrected chi connectivity index (χ1v) is 36.5. The van der Waals surface area contributed by atoms with Crippen molar-refractivity contribution in [2.24, 2.45) is 0 Å². The molecule has 0 radical (unpaired) electrons. The van der Waals surface area contributed by atoms with Gasteiger partial charge in [-0.25, -0.2) is 17.6 Å². The van der Waals surface area contributed by atoms with E-state index in [0.29, 0.717) is 98.3 Å². The van der Waals surface area contributed by atoms with E-state index in [9.17, 15) is 101 Å². The smallest absolute Gasteiger partial charge is 0.320 e. The summed E-state index contributed by atoms with van der Waals surface area (Å²) in [4.78, 5) is 169. The summed E-state index contributed by atoms with van der Waals surface area (Å²) in [5.41, 5.74) is -1.30. The van der Waals surface area contributed by atoms with Crippen molar-refractivity contribution in [1.82, 2.24) is 60.6 Å². The van der Waals surface area contributed by atoms with Crippen LogP contribution in [0, 0.1) is 22.7 Å². The summed E-state index contributed by atoms with van der Waals surface area (Å²) in [7, 11) is 0. The largest absolute Gasteiger partial charge is 0.494 e. The fourth-order valence-corrected chi connectivity index (χ4v) is 13.3. The Hall–Kier alpha value is -11.5. The molecule has 5 amide bonds. The second kappa shape index (κ2) is 39.9. The summed E-state index contributed by atoms with van der Waals surface area (Å²) in [5.74, 6) is -12.6. The highest BCUT2D eigenvalue weighted by molar-refractivity contribution is 6.08. The monoisotopic (exact) mass is 1560 g/mol. The van der Waals surface area contributed by atoms with Crippen LogP contribution in [0.1, 0.15) is 72.1 Å². The molecule has 0 spiro atoms. The molecule has 6 aromatic rings. The van der Waals surface area contributed by atoms with Crippen LogP contribution < -0.4 is 73.7 Å². The number of ether oxygens (including phenoxy) is 2. The van der Waals surface area contributed by atoms with Gasteiger partial charge in [0, 0.05) is 147 Å². The molecule has 0 saturated carbocycles. The van der Waals surface area contributed by atoms with Crippen LogP contribution in [0.4, 0.5) is 40.3 Å². The van der Waals surface area contributed by atoms with Gasteiger partial charge in [0.15, 0.2) is 0 Å². The van der Waals surface area contributed by atoms with Crippen molar-refractivity contribution in [3.05, 3.63) is 113 Å². The number of aliphatic carboxylic acids is 3. The van der Waals surface area contributed by atoms with Gasteiger partial charge in [-0.15, -0.1) is 0 Å². The van der Waals surface area contributed by atoms with Crippen molar-refractivity contribution < 1.29 is 80.7 Å². The normalized spacial score (nSPS) is 17.3. The molecule has 112 heavy (non-hydrogen) atoms. The number of carboxylic acids is 3. The Kier molecular flexibility index (Phi) is 30.1. The zero-order valence-electron chi connectivity index (χ0n) is 61.2. The first-order valence-electron chi connectivity index (χ1n) is 36.5. The first kappa shape index (κ1) is 84.5. The van der Waals surface area contributed by atoms with Crippen molar-refractivity contribution >= 4 is 92.0 Å². The summed E-state index contributed by atoms with van der Waals surface area (Å²) in [6.07, 6.45) is 2.81. The standard InChI is InChI=1S/C73H88F4N18O17/c74-72(75)35-45(37-78)94(43-72)57(97)39-88-69(107)49-11-15-81-53-7-5-47(33-51(49)53)111-31-3-1-13-84-61-63(67(105)65(61)103)86-18-17-80-21-22-90-23-25-91(41-59(99)100)27-29-93(30-28-92(26-24-90)42-60(101)102)55(71(109)110)9-10-56(96)83-19-20-87-64-62(66(104)68(64)106)85-14-2-4-32-112-48-6-8-54-52(34-48)50(12-16-82-54)70(108)89-40-58(98)95-44-73(76,77)36-46(95)38-79/h5-8,11-12,15-16,33-34,45-46,55,80,84-87H,1-4,9-10,13-14,17-32,35-36,39-44H2,(H,83,96)(H,88,107)(H,89,108)(H,99,100)(H,101,102)(H,109,110). The fraction of sp³-hybridized carbons (Fsp3) is 0.507. The number of nitriles is 2.